The molecule has 112 valence electrons. The van der Waals surface area contributed by atoms with Gasteiger partial charge in [-0.05, 0) is 63.1 Å². The van der Waals surface area contributed by atoms with Crippen molar-refractivity contribution >= 4 is 23.2 Å². The van der Waals surface area contributed by atoms with Crippen LogP contribution >= 0.6 is 23.2 Å². The zero-order valence-electron chi connectivity index (χ0n) is 12.3. The molecule has 0 saturated carbocycles. The SMILES string of the molecule is CCNCC1CCCCN(C)C1c1ccc(Cl)cc1Cl. The molecule has 2 unspecified atom stereocenters. The van der Waals surface area contributed by atoms with Gasteiger partial charge in [-0.1, -0.05) is 42.6 Å². The molecule has 0 spiro atoms. The van der Waals surface area contributed by atoms with Gasteiger partial charge in [-0.15, -0.1) is 0 Å². The highest BCUT2D eigenvalue weighted by Gasteiger charge is 2.30. The lowest BCUT2D eigenvalue weighted by molar-refractivity contribution is 0.189. The predicted molar refractivity (Wildman–Crippen MR) is 87.7 cm³/mol. The number of hydrogen-bond acceptors (Lipinski definition) is 2. The molecule has 0 amide bonds. The summed E-state index contributed by atoms with van der Waals surface area (Å²) in [6.07, 6.45) is 3.81. The molecular weight excluding hydrogens is 291 g/mol. The van der Waals surface area contributed by atoms with Gasteiger partial charge in [0.05, 0.1) is 0 Å². The fourth-order valence-corrected chi connectivity index (χ4v) is 3.72. The topological polar surface area (TPSA) is 15.3 Å². The zero-order chi connectivity index (χ0) is 14.5. The van der Waals surface area contributed by atoms with Crippen molar-refractivity contribution in [1.82, 2.24) is 10.2 Å². The van der Waals surface area contributed by atoms with Gasteiger partial charge < -0.3 is 5.32 Å². The van der Waals surface area contributed by atoms with Crippen LogP contribution in [0.25, 0.3) is 0 Å². The summed E-state index contributed by atoms with van der Waals surface area (Å²) in [7, 11) is 2.21. The average molecular weight is 315 g/mol. The summed E-state index contributed by atoms with van der Waals surface area (Å²) in [6.45, 7) is 5.35. The fourth-order valence-electron chi connectivity index (χ4n) is 3.20. The number of halogens is 2. The molecule has 2 nitrogen and oxygen atoms in total. The summed E-state index contributed by atoms with van der Waals surface area (Å²) < 4.78 is 0. The van der Waals surface area contributed by atoms with E-state index in [4.69, 9.17) is 23.2 Å². The molecule has 0 radical (unpaired) electrons. The first-order chi connectivity index (χ1) is 9.63. The monoisotopic (exact) mass is 314 g/mol. The Morgan fingerprint density at radius 3 is 2.80 bits per heavy atom. The van der Waals surface area contributed by atoms with Crippen LogP contribution in [0.5, 0.6) is 0 Å². The van der Waals surface area contributed by atoms with Crippen molar-refractivity contribution in [2.75, 3.05) is 26.7 Å². The van der Waals surface area contributed by atoms with E-state index >= 15 is 0 Å². The van der Waals surface area contributed by atoms with E-state index < -0.39 is 0 Å². The van der Waals surface area contributed by atoms with Crippen molar-refractivity contribution < 1.29 is 0 Å². The van der Waals surface area contributed by atoms with E-state index in [1.165, 1.54) is 24.8 Å². The predicted octanol–water partition coefficient (Wildman–Crippen LogP) is 4.38. The number of rotatable bonds is 4. The van der Waals surface area contributed by atoms with Gasteiger partial charge in [0.2, 0.25) is 0 Å². The van der Waals surface area contributed by atoms with Crippen molar-refractivity contribution in [1.29, 1.82) is 0 Å². The maximum atomic E-state index is 6.45. The molecule has 0 aliphatic carbocycles. The van der Waals surface area contributed by atoms with Crippen molar-refractivity contribution in [3.63, 3.8) is 0 Å². The van der Waals surface area contributed by atoms with Gasteiger partial charge in [-0.25, -0.2) is 0 Å². The molecule has 1 saturated heterocycles. The third kappa shape index (κ3) is 3.88. The minimum Gasteiger partial charge on any atom is -0.317 e. The molecule has 4 heteroatoms. The Kier molecular flexibility index (Phi) is 6.16. The number of nitrogens with zero attached hydrogens (tertiary/aromatic N) is 1. The second-order valence-corrected chi connectivity index (χ2v) is 6.50. The minimum absolute atomic E-state index is 0.376. The normalized spacial score (nSPS) is 24.6. The van der Waals surface area contributed by atoms with Crippen LogP contribution in [-0.4, -0.2) is 31.6 Å². The second kappa shape index (κ2) is 7.65. The Bertz CT molecular complexity index is 436. The van der Waals surface area contributed by atoms with Gasteiger partial charge in [0.25, 0.3) is 0 Å². The van der Waals surface area contributed by atoms with E-state index in [2.05, 4.69) is 30.3 Å². The number of hydrogen-bond donors (Lipinski definition) is 1. The molecule has 1 fully saturated rings. The van der Waals surface area contributed by atoms with Crippen LogP contribution in [0.3, 0.4) is 0 Å². The molecule has 0 aromatic heterocycles. The minimum atomic E-state index is 0.376. The summed E-state index contributed by atoms with van der Waals surface area (Å²) in [5.41, 5.74) is 1.21. The Morgan fingerprint density at radius 1 is 1.30 bits per heavy atom. The van der Waals surface area contributed by atoms with E-state index in [0.717, 1.165) is 24.7 Å². The Hall–Kier alpha value is -0.280. The van der Waals surface area contributed by atoms with Crippen LogP contribution in [0.4, 0.5) is 0 Å². The Morgan fingerprint density at radius 2 is 2.10 bits per heavy atom. The van der Waals surface area contributed by atoms with E-state index in [1.807, 2.05) is 12.1 Å². The highest BCUT2D eigenvalue weighted by molar-refractivity contribution is 6.35. The molecule has 2 rings (SSSR count). The highest BCUT2D eigenvalue weighted by atomic mass is 35.5. The molecule has 0 bridgehead atoms. The van der Waals surface area contributed by atoms with Gasteiger partial charge in [0.15, 0.2) is 0 Å². The molecule has 1 N–H and O–H groups in total. The first-order valence-electron chi connectivity index (χ1n) is 7.49. The molecule has 1 aliphatic rings. The molecule has 2 atom stereocenters. The number of likely N-dealkylation sites (tertiary alicyclic amines) is 1. The maximum absolute atomic E-state index is 6.45. The lowest BCUT2D eigenvalue weighted by Gasteiger charge is -2.33. The van der Waals surface area contributed by atoms with Crippen LogP contribution in [0.1, 0.15) is 37.8 Å². The van der Waals surface area contributed by atoms with Gasteiger partial charge in [0, 0.05) is 16.1 Å². The van der Waals surface area contributed by atoms with E-state index in [-0.39, 0.29) is 0 Å². The smallest absolute Gasteiger partial charge is 0.0468 e. The summed E-state index contributed by atoms with van der Waals surface area (Å²) in [5, 5.41) is 5.00. The summed E-state index contributed by atoms with van der Waals surface area (Å²) in [4.78, 5) is 2.45. The van der Waals surface area contributed by atoms with E-state index in [9.17, 15) is 0 Å². The summed E-state index contributed by atoms with van der Waals surface area (Å²) in [5.74, 6) is 0.598. The molecule has 1 aliphatic heterocycles. The zero-order valence-corrected chi connectivity index (χ0v) is 13.8. The summed E-state index contributed by atoms with van der Waals surface area (Å²) >= 11 is 12.5. The number of nitrogens with one attached hydrogen (secondary N) is 1. The van der Waals surface area contributed by atoms with Crippen LogP contribution in [0.15, 0.2) is 18.2 Å². The largest absolute Gasteiger partial charge is 0.317 e. The van der Waals surface area contributed by atoms with Gasteiger partial charge in [-0.3, -0.25) is 4.90 Å². The van der Waals surface area contributed by atoms with Crippen molar-refractivity contribution in [3.8, 4) is 0 Å². The lowest BCUT2D eigenvalue weighted by atomic mass is 9.89. The quantitative estimate of drug-likeness (QED) is 0.887. The molecule has 1 aromatic carbocycles. The molecule has 20 heavy (non-hydrogen) atoms. The lowest BCUT2D eigenvalue weighted by Crippen LogP contribution is -2.35. The van der Waals surface area contributed by atoms with Gasteiger partial charge >= 0.3 is 0 Å². The van der Waals surface area contributed by atoms with Crippen molar-refractivity contribution in [2.45, 2.75) is 32.2 Å². The number of benzene rings is 1. The molecular formula is C16H24Cl2N2. The van der Waals surface area contributed by atoms with E-state index in [0.29, 0.717) is 17.0 Å². The Balaban J connectivity index is 2.29. The highest BCUT2D eigenvalue weighted by Crippen LogP contribution is 2.38. The van der Waals surface area contributed by atoms with Crippen LogP contribution in [0, 0.1) is 5.92 Å². The third-order valence-corrected chi connectivity index (χ3v) is 4.76. The van der Waals surface area contributed by atoms with Crippen molar-refractivity contribution in [2.24, 2.45) is 5.92 Å². The standard InChI is InChI=1S/C16H24Cl2N2/c1-3-19-11-12-6-4-5-9-20(2)16(12)14-8-7-13(17)10-15(14)18/h7-8,10,12,16,19H,3-6,9,11H2,1-2H3. The third-order valence-electron chi connectivity index (χ3n) is 4.19. The van der Waals surface area contributed by atoms with Crippen LogP contribution in [0.2, 0.25) is 10.0 Å². The summed E-state index contributed by atoms with van der Waals surface area (Å²) in [6, 6.07) is 6.28. The molecule has 1 aromatic rings. The second-order valence-electron chi connectivity index (χ2n) is 5.65. The van der Waals surface area contributed by atoms with Gasteiger partial charge in [-0.2, -0.15) is 0 Å². The Labute approximate surface area is 132 Å². The maximum Gasteiger partial charge on any atom is 0.0468 e. The van der Waals surface area contributed by atoms with Crippen molar-refractivity contribution in [3.05, 3.63) is 33.8 Å². The van der Waals surface area contributed by atoms with Crippen LogP contribution in [-0.2, 0) is 0 Å². The van der Waals surface area contributed by atoms with Crippen LogP contribution < -0.4 is 5.32 Å². The first-order valence-corrected chi connectivity index (χ1v) is 8.25. The van der Waals surface area contributed by atoms with E-state index in [1.54, 1.807) is 0 Å². The molecule has 1 heterocycles. The fraction of sp³-hybridized carbons (Fsp3) is 0.625. The average Bonchev–Trinajstić information content (AvgIpc) is 2.59. The van der Waals surface area contributed by atoms with Gasteiger partial charge in [0.1, 0.15) is 0 Å². The first kappa shape index (κ1) is 16.1.